The SMILES string of the molecule is O=C(O)C(F)(F)C(F)(F)C(F)(F)F.[Na]. The van der Waals surface area contributed by atoms with Crippen LogP contribution in [0.5, 0.6) is 0 Å². The summed E-state index contributed by atoms with van der Waals surface area (Å²) in [7, 11) is 0. The van der Waals surface area contributed by atoms with Crippen molar-refractivity contribution in [3.63, 3.8) is 0 Å². The van der Waals surface area contributed by atoms with Crippen molar-refractivity contribution in [3.05, 3.63) is 0 Å². The Morgan fingerprint density at radius 1 is 0.929 bits per heavy atom. The third kappa shape index (κ3) is 2.51. The van der Waals surface area contributed by atoms with Crippen LogP contribution in [0.2, 0.25) is 0 Å². The first-order chi connectivity index (χ1) is 5.44. The molecule has 0 atom stereocenters. The molecular formula is C4HF7NaO2. The molecule has 0 aliphatic heterocycles. The van der Waals surface area contributed by atoms with Gasteiger partial charge < -0.3 is 5.11 Å². The molecule has 0 unspecified atom stereocenters. The van der Waals surface area contributed by atoms with Gasteiger partial charge in [0.15, 0.2) is 0 Å². The summed E-state index contributed by atoms with van der Waals surface area (Å²) in [5.74, 6) is -16.3. The molecule has 1 N–H and O–H groups in total. The van der Waals surface area contributed by atoms with Crippen molar-refractivity contribution in [1.29, 1.82) is 0 Å². The summed E-state index contributed by atoms with van der Waals surface area (Å²) >= 11 is 0. The van der Waals surface area contributed by atoms with Crippen molar-refractivity contribution in [2.45, 2.75) is 18.0 Å². The summed E-state index contributed by atoms with van der Waals surface area (Å²) < 4.78 is 80.5. The minimum Gasteiger partial charge on any atom is -0.477 e. The molecule has 0 bridgehead atoms. The standard InChI is InChI=1S/C4HF7O2.Na/c5-2(6,1(12)13)3(7,8)4(9,10)11;/h(H,12,13);. The van der Waals surface area contributed by atoms with E-state index in [1.54, 1.807) is 0 Å². The summed E-state index contributed by atoms with van der Waals surface area (Å²) in [5, 5.41) is 7.41. The maximum Gasteiger partial charge on any atom is 0.460 e. The number of alkyl halides is 7. The van der Waals surface area contributed by atoms with E-state index >= 15 is 0 Å². The zero-order valence-corrected chi connectivity index (χ0v) is 8.50. The van der Waals surface area contributed by atoms with Gasteiger partial charge in [0, 0.05) is 29.6 Å². The van der Waals surface area contributed by atoms with Gasteiger partial charge in [0.2, 0.25) is 0 Å². The monoisotopic (exact) mass is 237 g/mol. The maximum absolute atomic E-state index is 11.8. The van der Waals surface area contributed by atoms with Crippen molar-refractivity contribution in [2.75, 3.05) is 0 Å². The molecule has 0 saturated carbocycles. The molecule has 0 fully saturated rings. The minimum absolute atomic E-state index is 0. The van der Waals surface area contributed by atoms with E-state index in [0.29, 0.717) is 0 Å². The average Bonchev–Trinajstić information content (AvgIpc) is 1.84. The predicted octanol–water partition coefficient (Wildman–Crippen LogP) is 1.52. The molecule has 0 aromatic rings. The Kier molecular flexibility index (Phi) is 4.96. The number of carboxylic acid groups (broad SMARTS) is 1. The van der Waals surface area contributed by atoms with Gasteiger partial charge in [0.1, 0.15) is 0 Å². The molecule has 0 aromatic carbocycles. The van der Waals surface area contributed by atoms with Crippen LogP contribution in [0.25, 0.3) is 0 Å². The quantitative estimate of drug-likeness (QED) is 0.584. The van der Waals surface area contributed by atoms with Crippen LogP contribution >= 0.6 is 0 Å². The minimum atomic E-state index is -6.60. The number of hydrogen-bond acceptors (Lipinski definition) is 1. The second-order valence-electron chi connectivity index (χ2n) is 1.95. The molecule has 79 valence electrons. The number of halogens is 7. The molecule has 0 saturated heterocycles. The summed E-state index contributed by atoms with van der Waals surface area (Å²) in [6.45, 7) is 0. The van der Waals surface area contributed by atoms with Gasteiger partial charge in [-0.05, 0) is 0 Å². The Hall–Kier alpha value is -0.0200. The van der Waals surface area contributed by atoms with Crippen LogP contribution in [0.1, 0.15) is 0 Å². The van der Waals surface area contributed by atoms with Crippen molar-refractivity contribution in [1.82, 2.24) is 0 Å². The fourth-order valence-electron chi connectivity index (χ4n) is 0.312. The van der Waals surface area contributed by atoms with Gasteiger partial charge >= 0.3 is 24.0 Å². The van der Waals surface area contributed by atoms with E-state index in [0.717, 1.165) is 0 Å². The van der Waals surface area contributed by atoms with Gasteiger partial charge in [-0.1, -0.05) is 0 Å². The topological polar surface area (TPSA) is 37.3 Å². The second-order valence-corrected chi connectivity index (χ2v) is 1.95. The molecule has 0 aliphatic rings. The van der Waals surface area contributed by atoms with Crippen LogP contribution in [-0.2, 0) is 4.79 Å². The molecule has 2 nitrogen and oxygen atoms in total. The van der Waals surface area contributed by atoms with E-state index in [1.807, 2.05) is 0 Å². The van der Waals surface area contributed by atoms with E-state index < -0.39 is 24.0 Å². The second kappa shape index (κ2) is 4.23. The molecule has 10 heteroatoms. The molecule has 0 spiro atoms. The van der Waals surface area contributed by atoms with Gasteiger partial charge in [0.25, 0.3) is 0 Å². The largest absolute Gasteiger partial charge is 0.477 e. The summed E-state index contributed by atoms with van der Waals surface area (Å²) in [6.07, 6.45) is -6.60. The molecular weight excluding hydrogens is 236 g/mol. The number of hydrogen-bond donors (Lipinski definition) is 1. The summed E-state index contributed by atoms with van der Waals surface area (Å²) in [6, 6.07) is 0. The Bertz CT molecular complexity index is 222. The van der Waals surface area contributed by atoms with Gasteiger partial charge in [-0.3, -0.25) is 0 Å². The Labute approximate surface area is 94.4 Å². The smallest absolute Gasteiger partial charge is 0.460 e. The zero-order chi connectivity index (χ0) is 11.1. The number of carboxylic acids is 1. The number of carbonyl (C=O) groups is 1. The third-order valence-electron chi connectivity index (χ3n) is 1.02. The van der Waals surface area contributed by atoms with Gasteiger partial charge in [-0.15, -0.1) is 0 Å². The van der Waals surface area contributed by atoms with Crippen LogP contribution in [0.4, 0.5) is 30.7 Å². The van der Waals surface area contributed by atoms with E-state index in [-0.39, 0.29) is 29.6 Å². The predicted molar refractivity (Wildman–Crippen MR) is 29.3 cm³/mol. The molecule has 0 heterocycles. The van der Waals surface area contributed by atoms with Crippen LogP contribution in [0, 0.1) is 0 Å². The van der Waals surface area contributed by atoms with E-state index in [2.05, 4.69) is 0 Å². The molecule has 0 aliphatic carbocycles. The zero-order valence-electron chi connectivity index (χ0n) is 6.50. The average molecular weight is 237 g/mol. The van der Waals surface area contributed by atoms with Crippen molar-refractivity contribution >= 4 is 35.5 Å². The van der Waals surface area contributed by atoms with E-state index in [9.17, 15) is 35.5 Å². The fraction of sp³-hybridized carbons (Fsp3) is 0.750. The van der Waals surface area contributed by atoms with Crippen LogP contribution in [0.15, 0.2) is 0 Å². The molecule has 0 amide bonds. The first kappa shape index (κ1) is 16.4. The Morgan fingerprint density at radius 3 is 1.29 bits per heavy atom. The Balaban J connectivity index is 0. The van der Waals surface area contributed by atoms with Crippen LogP contribution in [-0.4, -0.2) is 58.7 Å². The van der Waals surface area contributed by atoms with E-state index in [1.165, 1.54) is 0 Å². The first-order valence-corrected chi connectivity index (χ1v) is 2.50. The normalized spacial score (nSPS) is 13.4. The van der Waals surface area contributed by atoms with Gasteiger partial charge in [-0.2, -0.15) is 30.7 Å². The first-order valence-electron chi connectivity index (χ1n) is 2.50. The molecule has 14 heavy (non-hydrogen) atoms. The van der Waals surface area contributed by atoms with Crippen molar-refractivity contribution in [3.8, 4) is 0 Å². The van der Waals surface area contributed by atoms with E-state index in [4.69, 9.17) is 5.11 Å². The fourth-order valence-corrected chi connectivity index (χ4v) is 0.312. The van der Waals surface area contributed by atoms with Gasteiger partial charge in [-0.25, -0.2) is 4.79 Å². The van der Waals surface area contributed by atoms with Crippen molar-refractivity contribution in [2.24, 2.45) is 0 Å². The van der Waals surface area contributed by atoms with Gasteiger partial charge in [0.05, 0.1) is 0 Å². The Morgan fingerprint density at radius 2 is 1.21 bits per heavy atom. The van der Waals surface area contributed by atoms with Crippen LogP contribution < -0.4 is 0 Å². The molecule has 0 aromatic heterocycles. The number of aliphatic carboxylic acids is 1. The maximum atomic E-state index is 11.8. The van der Waals surface area contributed by atoms with Crippen molar-refractivity contribution < 1.29 is 40.6 Å². The van der Waals surface area contributed by atoms with Crippen LogP contribution in [0.3, 0.4) is 0 Å². The number of rotatable bonds is 2. The third-order valence-corrected chi connectivity index (χ3v) is 1.02. The molecule has 0 rings (SSSR count). The summed E-state index contributed by atoms with van der Waals surface area (Å²) in [4.78, 5) is 9.38. The molecule has 1 radical (unpaired) electrons. The summed E-state index contributed by atoms with van der Waals surface area (Å²) in [5.41, 5.74) is 0.